The number of fused-ring (bicyclic) bond motifs is 1. The summed E-state index contributed by atoms with van der Waals surface area (Å²) in [6, 6.07) is 9.14. The molecule has 3 rings (SSSR count). The molecule has 5 nitrogen and oxygen atoms in total. The highest BCUT2D eigenvalue weighted by Crippen LogP contribution is 2.42. The van der Waals surface area contributed by atoms with Crippen molar-refractivity contribution in [2.24, 2.45) is 0 Å². The van der Waals surface area contributed by atoms with E-state index in [1.165, 1.54) is 5.01 Å². The Labute approximate surface area is 123 Å². The Kier molecular flexibility index (Phi) is 3.04. The maximum absolute atomic E-state index is 12.6. The zero-order valence-corrected chi connectivity index (χ0v) is 12.2. The van der Waals surface area contributed by atoms with Crippen LogP contribution in [0.1, 0.15) is 27.0 Å². The standard InChI is InChI=1S/C16H17N3O2/c1-11-4-6-12(7-5-11)16(21)14-10-17-9-8-13(14)15(20)19(16)18(2)3/h4-10,21H,1-3H3. The lowest BCUT2D eigenvalue weighted by atomic mass is 9.95. The van der Waals surface area contributed by atoms with Crippen LogP contribution in [-0.4, -0.2) is 40.1 Å². The highest BCUT2D eigenvalue weighted by molar-refractivity contribution is 5.99. The lowest BCUT2D eigenvalue weighted by Gasteiger charge is -2.38. The van der Waals surface area contributed by atoms with E-state index in [4.69, 9.17) is 0 Å². The predicted molar refractivity (Wildman–Crippen MR) is 78.3 cm³/mol. The summed E-state index contributed by atoms with van der Waals surface area (Å²) in [5.41, 5.74) is 1.18. The highest BCUT2D eigenvalue weighted by atomic mass is 16.3. The third-order valence-electron chi connectivity index (χ3n) is 3.78. The van der Waals surface area contributed by atoms with Crippen LogP contribution in [0.3, 0.4) is 0 Å². The van der Waals surface area contributed by atoms with Gasteiger partial charge in [-0.15, -0.1) is 0 Å². The van der Waals surface area contributed by atoms with Gasteiger partial charge in [0, 0.05) is 37.6 Å². The second-order valence-electron chi connectivity index (χ2n) is 5.42. The summed E-state index contributed by atoms with van der Waals surface area (Å²) in [6.07, 6.45) is 3.11. The van der Waals surface area contributed by atoms with Crippen molar-refractivity contribution in [2.45, 2.75) is 12.6 Å². The number of nitrogens with zero attached hydrogens (tertiary/aromatic N) is 3. The molecule has 0 radical (unpaired) electrons. The summed E-state index contributed by atoms with van der Waals surface area (Å²) in [6.45, 7) is 1.98. The number of pyridine rings is 1. The van der Waals surface area contributed by atoms with Crippen molar-refractivity contribution in [1.29, 1.82) is 0 Å². The van der Waals surface area contributed by atoms with Crippen molar-refractivity contribution in [3.63, 3.8) is 0 Å². The number of aryl methyl sites for hydroxylation is 1. The van der Waals surface area contributed by atoms with Gasteiger partial charge in [-0.05, 0) is 13.0 Å². The first kappa shape index (κ1) is 13.7. The van der Waals surface area contributed by atoms with Crippen molar-refractivity contribution in [2.75, 3.05) is 14.1 Å². The molecule has 1 aromatic heterocycles. The lowest BCUT2D eigenvalue weighted by molar-refractivity contribution is -0.136. The second kappa shape index (κ2) is 4.65. The van der Waals surface area contributed by atoms with Crippen LogP contribution in [0, 0.1) is 6.92 Å². The Morgan fingerprint density at radius 3 is 2.48 bits per heavy atom. The molecule has 2 aromatic rings. The van der Waals surface area contributed by atoms with Crippen molar-refractivity contribution >= 4 is 5.91 Å². The maximum atomic E-state index is 12.6. The molecule has 0 saturated carbocycles. The third kappa shape index (κ3) is 1.86. The van der Waals surface area contributed by atoms with E-state index in [0.717, 1.165) is 5.56 Å². The predicted octanol–water partition coefficient (Wildman–Crippen LogP) is 1.52. The van der Waals surface area contributed by atoms with Crippen LogP contribution < -0.4 is 0 Å². The first-order valence-corrected chi connectivity index (χ1v) is 6.72. The van der Waals surface area contributed by atoms with Crippen molar-refractivity contribution in [3.05, 3.63) is 65.0 Å². The molecule has 0 spiro atoms. The minimum Gasteiger partial charge on any atom is -0.362 e. The van der Waals surface area contributed by atoms with Crippen molar-refractivity contribution < 1.29 is 9.90 Å². The van der Waals surface area contributed by atoms with Crippen LogP contribution in [0.25, 0.3) is 0 Å². The number of aromatic nitrogens is 1. The molecule has 1 unspecified atom stereocenters. The van der Waals surface area contributed by atoms with Gasteiger partial charge in [-0.25, -0.2) is 10.0 Å². The smallest absolute Gasteiger partial charge is 0.271 e. The zero-order valence-electron chi connectivity index (χ0n) is 12.2. The fourth-order valence-electron chi connectivity index (χ4n) is 2.77. The van der Waals surface area contributed by atoms with Crippen LogP contribution >= 0.6 is 0 Å². The third-order valence-corrected chi connectivity index (χ3v) is 3.78. The first-order chi connectivity index (χ1) is 9.96. The Bertz CT molecular complexity index is 697. The molecule has 1 aliphatic heterocycles. The molecular formula is C16H17N3O2. The molecule has 21 heavy (non-hydrogen) atoms. The monoisotopic (exact) mass is 283 g/mol. The van der Waals surface area contributed by atoms with E-state index in [1.54, 1.807) is 37.6 Å². The van der Waals surface area contributed by atoms with Gasteiger partial charge >= 0.3 is 0 Å². The Hall–Kier alpha value is -2.24. The van der Waals surface area contributed by atoms with Gasteiger partial charge in [-0.1, -0.05) is 29.8 Å². The molecule has 108 valence electrons. The molecule has 1 amide bonds. The molecule has 2 heterocycles. The molecule has 1 aromatic carbocycles. The largest absolute Gasteiger partial charge is 0.362 e. The van der Waals surface area contributed by atoms with E-state index >= 15 is 0 Å². The van der Waals surface area contributed by atoms with Gasteiger partial charge in [-0.3, -0.25) is 9.78 Å². The van der Waals surface area contributed by atoms with E-state index in [1.807, 2.05) is 31.2 Å². The normalized spacial score (nSPS) is 21.0. The van der Waals surface area contributed by atoms with Crippen LogP contribution in [0.2, 0.25) is 0 Å². The number of aliphatic hydroxyl groups is 1. The Balaban J connectivity index is 2.26. The number of carbonyl (C=O) groups is 1. The van der Waals surface area contributed by atoms with Gasteiger partial charge in [-0.2, -0.15) is 0 Å². The molecular weight excluding hydrogens is 266 g/mol. The fourth-order valence-corrected chi connectivity index (χ4v) is 2.77. The molecule has 0 bridgehead atoms. The number of amides is 1. The summed E-state index contributed by atoms with van der Waals surface area (Å²) >= 11 is 0. The fraction of sp³-hybridized carbons (Fsp3) is 0.250. The van der Waals surface area contributed by atoms with E-state index in [0.29, 0.717) is 16.7 Å². The van der Waals surface area contributed by atoms with E-state index in [-0.39, 0.29) is 5.91 Å². The zero-order chi connectivity index (χ0) is 15.2. The number of benzene rings is 1. The van der Waals surface area contributed by atoms with Crippen LogP contribution in [0.5, 0.6) is 0 Å². The van der Waals surface area contributed by atoms with Gasteiger partial charge in [0.1, 0.15) is 0 Å². The van der Waals surface area contributed by atoms with E-state index in [9.17, 15) is 9.90 Å². The van der Waals surface area contributed by atoms with Gasteiger partial charge in [0.05, 0.1) is 5.56 Å². The molecule has 1 atom stereocenters. The quantitative estimate of drug-likeness (QED) is 0.908. The number of carbonyl (C=O) groups excluding carboxylic acids is 1. The second-order valence-corrected chi connectivity index (χ2v) is 5.42. The molecule has 0 fully saturated rings. The lowest BCUT2D eigenvalue weighted by Crippen LogP contribution is -2.51. The minimum absolute atomic E-state index is 0.236. The van der Waals surface area contributed by atoms with Crippen molar-refractivity contribution in [3.8, 4) is 0 Å². The van der Waals surface area contributed by atoms with Gasteiger partial charge in [0.2, 0.25) is 5.72 Å². The number of rotatable bonds is 2. The Morgan fingerprint density at radius 2 is 1.86 bits per heavy atom. The number of hydrogen-bond donors (Lipinski definition) is 1. The first-order valence-electron chi connectivity index (χ1n) is 6.72. The van der Waals surface area contributed by atoms with E-state index in [2.05, 4.69) is 4.98 Å². The molecule has 1 N–H and O–H groups in total. The molecule has 1 aliphatic rings. The Morgan fingerprint density at radius 1 is 1.19 bits per heavy atom. The molecule has 5 heteroatoms. The van der Waals surface area contributed by atoms with Gasteiger partial charge in [0.25, 0.3) is 5.91 Å². The highest BCUT2D eigenvalue weighted by Gasteiger charge is 2.51. The summed E-state index contributed by atoms with van der Waals surface area (Å²) < 4.78 is 0. The van der Waals surface area contributed by atoms with E-state index < -0.39 is 5.72 Å². The molecule has 0 saturated heterocycles. The average molecular weight is 283 g/mol. The number of hydrogen-bond acceptors (Lipinski definition) is 4. The van der Waals surface area contributed by atoms with Crippen molar-refractivity contribution in [1.82, 2.24) is 15.0 Å². The summed E-state index contributed by atoms with van der Waals surface area (Å²) in [5.74, 6) is -0.236. The average Bonchev–Trinajstić information content (AvgIpc) is 2.70. The summed E-state index contributed by atoms with van der Waals surface area (Å²) in [5, 5.41) is 14.3. The van der Waals surface area contributed by atoms with Crippen LogP contribution in [0.15, 0.2) is 42.7 Å². The number of hydrazine groups is 1. The summed E-state index contributed by atoms with van der Waals surface area (Å²) in [4.78, 5) is 16.7. The van der Waals surface area contributed by atoms with Crippen LogP contribution in [0.4, 0.5) is 0 Å². The SMILES string of the molecule is Cc1ccc(C2(O)c3cnccc3C(=O)N2N(C)C)cc1. The minimum atomic E-state index is -1.53. The topological polar surface area (TPSA) is 56.7 Å². The van der Waals surface area contributed by atoms with Crippen LogP contribution in [-0.2, 0) is 5.72 Å². The summed E-state index contributed by atoms with van der Waals surface area (Å²) in [7, 11) is 3.47. The molecule has 0 aliphatic carbocycles. The van der Waals surface area contributed by atoms with Gasteiger partial charge in [0.15, 0.2) is 0 Å². The maximum Gasteiger partial charge on any atom is 0.271 e. The van der Waals surface area contributed by atoms with Gasteiger partial charge < -0.3 is 5.11 Å².